The molecule has 0 saturated carbocycles. The van der Waals surface area contributed by atoms with Crippen molar-refractivity contribution in [2.75, 3.05) is 13.2 Å². The number of likely N-dealkylation sites (N-methyl/N-ethyl adjacent to an activating group) is 1. The monoisotopic (exact) mass is 510 g/mol. The third-order valence-electron chi connectivity index (χ3n) is 4.25. The van der Waals surface area contributed by atoms with Crippen molar-refractivity contribution in [1.82, 2.24) is 10.2 Å². The van der Waals surface area contributed by atoms with Crippen LogP contribution in [0.5, 0.6) is 5.75 Å². The zero-order valence-corrected chi connectivity index (χ0v) is 19.3. The van der Waals surface area contributed by atoms with E-state index >= 15 is 0 Å². The molecule has 0 bridgehead atoms. The molecule has 1 N–H and O–H groups in total. The lowest BCUT2D eigenvalue weighted by atomic mass is 10.1. The Kier molecular flexibility index (Phi) is 8.51. The first-order valence-electron chi connectivity index (χ1n) is 9.02. The summed E-state index contributed by atoms with van der Waals surface area (Å²) in [5.74, 6) is 0.173. The van der Waals surface area contributed by atoms with Crippen molar-refractivity contribution in [2.45, 2.75) is 33.4 Å². The summed E-state index contributed by atoms with van der Waals surface area (Å²) in [4.78, 5) is 26.8. The lowest BCUT2D eigenvalue weighted by molar-refractivity contribution is -0.142. The van der Waals surface area contributed by atoms with Crippen LogP contribution in [0.15, 0.2) is 51.4 Å². The van der Waals surface area contributed by atoms with E-state index in [-0.39, 0.29) is 18.4 Å². The standard InChI is InChI=1S/C21H24Br2N2O3/c1-4-24-21(27)15(3)25(12-16-6-5-7-17(22)11-16)20(26)13-28-18-8-9-19(23)14(2)10-18/h5-11,15H,4,12-13H2,1-3H3,(H,24,27)/t15-/m1/s1. The van der Waals surface area contributed by atoms with Gasteiger partial charge in [-0.15, -0.1) is 0 Å². The predicted molar refractivity (Wildman–Crippen MR) is 117 cm³/mol. The van der Waals surface area contributed by atoms with Crippen LogP contribution in [0.4, 0.5) is 0 Å². The normalized spacial score (nSPS) is 11.6. The van der Waals surface area contributed by atoms with E-state index in [4.69, 9.17) is 4.74 Å². The Bertz CT molecular complexity index is 842. The molecule has 0 aliphatic heterocycles. The van der Waals surface area contributed by atoms with Crippen LogP contribution in [0.1, 0.15) is 25.0 Å². The Hall–Kier alpha value is -1.86. The van der Waals surface area contributed by atoms with Crippen molar-refractivity contribution in [3.63, 3.8) is 0 Å². The topological polar surface area (TPSA) is 58.6 Å². The maximum absolute atomic E-state index is 12.9. The predicted octanol–water partition coefficient (Wildman–Crippen LogP) is 4.45. The van der Waals surface area contributed by atoms with Crippen molar-refractivity contribution in [3.05, 3.63) is 62.5 Å². The summed E-state index contributed by atoms with van der Waals surface area (Å²) in [7, 11) is 0. The lowest BCUT2D eigenvalue weighted by Gasteiger charge is -2.28. The highest BCUT2D eigenvalue weighted by Gasteiger charge is 2.26. The highest BCUT2D eigenvalue weighted by Crippen LogP contribution is 2.22. The number of aryl methyl sites for hydroxylation is 1. The minimum Gasteiger partial charge on any atom is -0.484 e. The molecular formula is C21H24Br2N2O3. The molecular weight excluding hydrogens is 488 g/mol. The molecule has 0 heterocycles. The van der Waals surface area contributed by atoms with Gasteiger partial charge in [-0.25, -0.2) is 0 Å². The van der Waals surface area contributed by atoms with E-state index in [9.17, 15) is 9.59 Å². The first-order chi connectivity index (χ1) is 13.3. The third-order valence-corrected chi connectivity index (χ3v) is 5.63. The molecule has 7 heteroatoms. The number of halogens is 2. The molecule has 0 saturated heterocycles. The Morgan fingerprint density at radius 2 is 1.93 bits per heavy atom. The van der Waals surface area contributed by atoms with E-state index in [0.717, 1.165) is 20.1 Å². The average Bonchev–Trinajstić information content (AvgIpc) is 2.66. The van der Waals surface area contributed by atoms with Crippen LogP contribution < -0.4 is 10.1 Å². The van der Waals surface area contributed by atoms with E-state index in [0.29, 0.717) is 18.8 Å². The Labute approximate surface area is 182 Å². The molecule has 2 amide bonds. The second kappa shape index (κ2) is 10.6. The number of carbonyl (C=O) groups is 2. The number of rotatable bonds is 8. The summed E-state index contributed by atoms with van der Waals surface area (Å²) in [5, 5.41) is 2.78. The summed E-state index contributed by atoms with van der Waals surface area (Å²) in [5.41, 5.74) is 1.95. The van der Waals surface area contributed by atoms with Gasteiger partial charge in [-0.05, 0) is 62.2 Å². The number of hydrogen-bond donors (Lipinski definition) is 1. The van der Waals surface area contributed by atoms with E-state index in [2.05, 4.69) is 37.2 Å². The molecule has 0 radical (unpaired) electrons. The molecule has 0 aromatic heterocycles. The SMILES string of the molecule is CCNC(=O)[C@@H](C)N(Cc1cccc(Br)c1)C(=O)COc1ccc(Br)c(C)c1. The number of nitrogens with one attached hydrogen (secondary N) is 1. The molecule has 2 aromatic rings. The highest BCUT2D eigenvalue weighted by atomic mass is 79.9. The Morgan fingerprint density at radius 1 is 1.18 bits per heavy atom. The molecule has 0 aliphatic rings. The summed E-state index contributed by atoms with van der Waals surface area (Å²) < 4.78 is 7.58. The molecule has 0 unspecified atom stereocenters. The quantitative estimate of drug-likeness (QED) is 0.569. The average molecular weight is 512 g/mol. The molecule has 2 rings (SSSR count). The summed E-state index contributed by atoms with van der Waals surface area (Å²) in [6.07, 6.45) is 0. The first-order valence-corrected chi connectivity index (χ1v) is 10.6. The summed E-state index contributed by atoms with van der Waals surface area (Å²) >= 11 is 6.89. The number of ether oxygens (including phenoxy) is 1. The van der Waals surface area contributed by atoms with Crippen LogP contribution in [0.2, 0.25) is 0 Å². The summed E-state index contributed by atoms with van der Waals surface area (Å²) in [6, 6.07) is 12.6. The maximum atomic E-state index is 12.9. The summed E-state index contributed by atoms with van der Waals surface area (Å²) in [6.45, 7) is 6.22. The van der Waals surface area contributed by atoms with Crippen molar-refractivity contribution < 1.29 is 14.3 Å². The van der Waals surface area contributed by atoms with E-state index < -0.39 is 6.04 Å². The molecule has 28 heavy (non-hydrogen) atoms. The van der Waals surface area contributed by atoms with Gasteiger partial charge < -0.3 is 15.0 Å². The van der Waals surface area contributed by atoms with Crippen molar-refractivity contribution >= 4 is 43.7 Å². The van der Waals surface area contributed by atoms with Crippen molar-refractivity contribution in [2.24, 2.45) is 0 Å². The fourth-order valence-corrected chi connectivity index (χ4v) is 3.36. The van der Waals surface area contributed by atoms with Gasteiger partial charge in [0.05, 0.1) is 0 Å². The van der Waals surface area contributed by atoms with Gasteiger partial charge in [0, 0.05) is 22.0 Å². The molecule has 0 fully saturated rings. The van der Waals surface area contributed by atoms with Gasteiger partial charge in [0.1, 0.15) is 11.8 Å². The van der Waals surface area contributed by atoms with Gasteiger partial charge in [0.2, 0.25) is 5.91 Å². The van der Waals surface area contributed by atoms with Gasteiger partial charge >= 0.3 is 0 Å². The highest BCUT2D eigenvalue weighted by molar-refractivity contribution is 9.10. The fourth-order valence-electron chi connectivity index (χ4n) is 2.67. The molecule has 150 valence electrons. The fraction of sp³-hybridized carbons (Fsp3) is 0.333. The molecule has 2 aromatic carbocycles. The number of hydrogen-bond acceptors (Lipinski definition) is 3. The van der Waals surface area contributed by atoms with Crippen LogP contribution in [-0.2, 0) is 16.1 Å². The van der Waals surface area contributed by atoms with Gasteiger partial charge in [0.15, 0.2) is 6.61 Å². The zero-order chi connectivity index (χ0) is 20.7. The van der Waals surface area contributed by atoms with Crippen LogP contribution in [0, 0.1) is 6.92 Å². The van der Waals surface area contributed by atoms with Crippen molar-refractivity contribution in [1.29, 1.82) is 0 Å². The molecule has 0 aliphatic carbocycles. The number of amides is 2. The Morgan fingerprint density at radius 3 is 2.57 bits per heavy atom. The van der Waals surface area contributed by atoms with Gasteiger partial charge in [-0.2, -0.15) is 0 Å². The molecule has 1 atom stereocenters. The van der Waals surface area contributed by atoms with Crippen LogP contribution in [0.25, 0.3) is 0 Å². The maximum Gasteiger partial charge on any atom is 0.261 e. The second-order valence-corrected chi connectivity index (χ2v) is 8.19. The number of benzene rings is 2. The van der Waals surface area contributed by atoms with E-state index in [1.54, 1.807) is 17.9 Å². The van der Waals surface area contributed by atoms with Crippen LogP contribution >= 0.6 is 31.9 Å². The largest absolute Gasteiger partial charge is 0.484 e. The second-order valence-electron chi connectivity index (χ2n) is 6.42. The zero-order valence-electron chi connectivity index (χ0n) is 16.2. The molecule has 5 nitrogen and oxygen atoms in total. The van der Waals surface area contributed by atoms with Gasteiger partial charge in [-0.3, -0.25) is 9.59 Å². The van der Waals surface area contributed by atoms with Crippen LogP contribution in [0.3, 0.4) is 0 Å². The number of carbonyl (C=O) groups excluding carboxylic acids is 2. The minimum atomic E-state index is -0.610. The van der Waals surface area contributed by atoms with E-state index in [1.807, 2.05) is 50.2 Å². The third kappa shape index (κ3) is 6.34. The Balaban J connectivity index is 2.15. The molecule has 0 spiro atoms. The van der Waals surface area contributed by atoms with Gasteiger partial charge in [-0.1, -0.05) is 44.0 Å². The lowest BCUT2D eigenvalue weighted by Crippen LogP contribution is -2.49. The number of nitrogens with zero attached hydrogens (tertiary/aromatic N) is 1. The van der Waals surface area contributed by atoms with Crippen LogP contribution in [-0.4, -0.2) is 35.9 Å². The van der Waals surface area contributed by atoms with Crippen molar-refractivity contribution in [3.8, 4) is 5.75 Å². The minimum absolute atomic E-state index is 0.140. The van der Waals surface area contributed by atoms with Gasteiger partial charge in [0.25, 0.3) is 5.91 Å². The van der Waals surface area contributed by atoms with E-state index in [1.165, 1.54) is 0 Å². The first kappa shape index (κ1) is 22.4. The smallest absolute Gasteiger partial charge is 0.261 e.